The van der Waals surface area contributed by atoms with Crippen molar-refractivity contribution < 1.29 is 9.90 Å². The van der Waals surface area contributed by atoms with Gasteiger partial charge in [-0.1, -0.05) is 42.0 Å². The maximum atomic E-state index is 13.0. The molecule has 1 aromatic heterocycles. The van der Waals surface area contributed by atoms with Gasteiger partial charge in [0.2, 0.25) is 0 Å². The number of hydrogen-bond donors (Lipinski definition) is 1. The third-order valence-corrected chi connectivity index (χ3v) is 5.40. The van der Waals surface area contributed by atoms with Crippen molar-refractivity contribution in [2.75, 3.05) is 13.1 Å². The van der Waals surface area contributed by atoms with E-state index in [1.54, 1.807) is 12.1 Å². The van der Waals surface area contributed by atoms with Crippen LogP contribution in [-0.4, -0.2) is 34.0 Å². The lowest BCUT2D eigenvalue weighted by atomic mass is 9.89. The zero-order chi connectivity index (χ0) is 19.5. The topological polar surface area (TPSA) is 53.4 Å². The van der Waals surface area contributed by atoms with Gasteiger partial charge in [-0.3, -0.25) is 9.78 Å². The zero-order valence-corrected chi connectivity index (χ0v) is 16.0. The smallest absolute Gasteiger partial charge is 0.253 e. The van der Waals surface area contributed by atoms with Crippen molar-refractivity contribution in [1.29, 1.82) is 0 Å². The maximum Gasteiger partial charge on any atom is 0.253 e. The van der Waals surface area contributed by atoms with Crippen molar-refractivity contribution >= 4 is 5.91 Å². The number of piperidine rings is 1. The highest BCUT2D eigenvalue weighted by Crippen LogP contribution is 2.28. The number of nitrogens with zero attached hydrogens (tertiary/aromatic N) is 2. The van der Waals surface area contributed by atoms with Crippen LogP contribution in [0, 0.1) is 6.92 Å². The first-order valence-corrected chi connectivity index (χ1v) is 9.71. The second-order valence-electron chi connectivity index (χ2n) is 7.48. The Hall–Kier alpha value is -3.14. The van der Waals surface area contributed by atoms with E-state index in [0.29, 0.717) is 11.5 Å². The molecule has 2 aromatic carbocycles. The van der Waals surface area contributed by atoms with Gasteiger partial charge in [-0.15, -0.1) is 0 Å². The predicted octanol–water partition coefficient (Wildman–Crippen LogP) is 4.78. The number of amides is 1. The third-order valence-electron chi connectivity index (χ3n) is 5.40. The lowest BCUT2D eigenvalue weighted by Crippen LogP contribution is -2.39. The Bertz CT molecular complexity index is 965. The van der Waals surface area contributed by atoms with Gasteiger partial charge in [0.1, 0.15) is 5.75 Å². The molecule has 1 atom stereocenters. The monoisotopic (exact) mass is 372 g/mol. The summed E-state index contributed by atoms with van der Waals surface area (Å²) < 4.78 is 0. The highest BCUT2D eigenvalue weighted by atomic mass is 16.3. The van der Waals surface area contributed by atoms with Crippen molar-refractivity contribution in [3.05, 3.63) is 83.6 Å². The number of carbonyl (C=O) groups is 1. The van der Waals surface area contributed by atoms with Crippen LogP contribution in [0.15, 0.2) is 66.9 Å². The van der Waals surface area contributed by atoms with Gasteiger partial charge in [-0.25, -0.2) is 0 Å². The Morgan fingerprint density at radius 2 is 1.93 bits per heavy atom. The molecule has 4 rings (SSSR count). The van der Waals surface area contributed by atoms with E-state index in [4.69, 9.17) is 0 Å². The second-order valence-corrected chi connectivity index (χ2v) is 7.48. The Balaban J connectivity index is 1.48. The summed E-state index contributed by atoms with van der Waals surface area (Å²) in [5.74, 6) is 0.629. The van der Waals surface area contributed by atoms with Crippen molar-refractivity contribution in [3.8, 4) is 17.0 Å². The molecule has 0 aliphatic carbocycles. The minimum Gasteiger partial charge on any atom is -0.506 e. The molecule has 1 aliphatic heterocycles. The highest BCUT2D eigenvalue weighted by molar-refractivity contribution is 5.94. The van der Waals surface area contributed by atoms with Crippen molar-refractivity contribution in [2.24, 2.45) is 0 Å². The maximum absolute atomic E-state index is 13.0. The number of rotatable bonds is 3. The molecule has 1 saturated heterocycles. The molecular formula is C24H24N2O2. The average molecular weight is 372 g/mol. The van der Waals surface area contributed by atoms with E-state index in [-0.39, 0.29) is 11.7 Å². The Morgan fingerprint density at radius 3 is 2.64 bits per heavy atom. The van der Waals surface area contributed by atoms with Crippen LogP contribution in [0.5, 0.6) is 5.75 Å². The van der Waals surface area contributed by atoms with Gasteiger partial charge in [0.15, 0.2) is 0 Å². The van der Waals surface area contributed by atoms with Gasteiger partial charge in [0.05, 0.1) is 11.9 Å². The first-order valence-electron chi connectivity index (χ1n) is 9.71. The number of likely N-dealkylation sites (tertiary alicyclic amines) is 1. The van der Waals surface area contributed by atoms with Crippen LogP contribution in [0.4, 0.5) is 0 Å². The van der Waals surface area contributed by atoms with E-state index in [1.807, 2.05) is 29.2 Å². The molecule has 1 aliphatic rings. The Labute approximate surface area is 165 Å². The molecule has 142 valence electrons. The molecule has 1 unspecified atom stereocenters. The van der Waals surface area contributed by atoms with Crippen LogP contribution in [0.25, 0.3) is 11.3 Å². The van der Waals surface area contributed by atoms with E-state index in [1.165, 1.54) is 17.3 Å². The largest absolute Gasteiger partial charge is 0.506 e. The quantitative estimate of drug-likeness (QED) is 0.720. The van der Waals surface area contributed by atoms with E-state index in [9.17, 15) is 9.90 Å². The van der Waals surface area contributed by atoms with Gasteiger partial charge in [-0.2, -0.15) is 0 Å². The molecule has 3 aromatic rings. The number of aromatic hydroxyl groups is 1. The third kappa shape index (κ3) is 3.91. The van der Waals surface area contributed by atoms with Crippen LogP contribution in [0.1, 0.15) is 40.2 Å². The molecule has 0 saturated carbocycles. The standard InChI is InChI=1S/C24H24N2O2/c1-17-4-2-5-20(14-17)21-6-3-13-26(16-21)24(28)19-9-7-18(8-10-19)23-12-11-22(27)15-25-23/h2,4-5,7-12,14-15,21,27H,3,6,13,16H2,1H3. The summed E-state index contributed by atoms with van der Waals surface area (Å²) in [7, 11) is 0. The van der Waals surface area contributed by atoms with Crippen LogP contribution >= 0.6 is 0 Å². The molecule has 0 spiro atoms. The summed E-state index contributed by atoms with van der Waals surface area (Å²) in [6.45, 7) is 3.69. The van der Waals surface area contributed by atoms with Crippen LogP contribution < -0.4 is 0 Å². The molecule has 4 heteroatoms. The number of hydrogen-bond acceptors (Lipinski definition) is 3. The summed E-state index contributed by atoms with van der Waals surface area (Å²) in [5, 5.41) is 9.37. The number of pyridine rings is 1. The minimum atomic E-state index is 0.0857. The van der Waals surface area contributed by atoms with E-state index >= 15 is 0 Å². The number of aromatic nitrogens is 1. The van der Waals surface area contributed by atoms with E-state index in [2.05, 4.69) is 36.2 Å². The first kappa shape index (κ1) is 18.2. The molecule has 0 bridgehead atoms. The molecular weight excluding hydrogens is 348 g/mol. The Morgan fingerprint density at radius 1 is 1.11 bits per heavy atom. The Kier molecular flexibility index (Phi) is 5.11. The van der Waals surface area contributed by atoms with Crippen LogP contribution in [-0.2, 0) is 0 Å². The summed E-state index contributed by atoms with van der Waals surface area (Å²) in [6, 6.07) is 19.5. The van der Waals surface area contributed by atoms with Gasteiger partial charge >= 0.3 is 0 Å². The SMILES string of the molecule is Cc1cccc(C2CCCN(C(=O)c3ccc(-c4ccc(O)cn4)cc3)C2)c1. The summed E-state index contributed by atoms with van der Waals surface area (Å²) in [6.07, 6.45) is 3.58. The van der Waals surface area contributed by atoms with E-state index < -0.39 is 0 Å². The van der Waals surface area contributed by atoms with Crippen molar-refractivity contribution in [2.45, 2.75) is 25.7 Å². The van der Waals surface area contributed by atoms with Gasteiger partial charge in [0.25, 0.3) is 5.91 Å². The fourth-order valence-corrected chi connectivity index (χ4v) is 3.88. The molecule has 2 heterocycles. The fraction of sp³-hybridized carbons (Fsp3) is 0.250. The van der Waals surface area contributed by atoms with E-state index in [0.717, 1.165) is 37.2 Å². The normalized spacial score (nSPS) is 16.8. The summed E-state index contributed by atoms with van der Waals surface area (Å²) >= 11 is 0. The zero-order valence-electron chi connectivity index (χ0n) is 16.0. The summed E-state index contributed by atoms with van der Waals surface area (Å²) in [4.78, 5) is 19.2. The fourth-order valence-electron chi connectivity index (χ4n) is 3.88. The summed E-state index contributed by atoms with van der Waals surface area (Å²) in [5.41, 5.74) is 4.99. The van der Waals surface area contributed by atoms with Gasteiger partial charge < -0.3 is 10.0 Å². The van der Waals surface area contributed by atoms with Crippen LogP contribution in [0.3, 0.4) is 0 Å². The minimum absolute atomic E-state index is 0.0857. The van der Waals surface area contributed by atoms with Gasteiger partial charge in [0, 0.05) is 30.1 Å². The highest BCUT2D eigenvalue weighted by Gasteiger charge is 2.25. The molecule has 0 radical (unpaired) electrons. The molecule has 1 amide bonds. The van der Waals surface area contributed by atoms with Crippen molar-refractivity contribution in [3.63, 3.8) is 0 Å². The number of aryl methyl sites for hydroxylation is 1. The lowest BCUT2D eigenvalue weighted by Gasteiger charge is -2.33. The van der Waals surface area contributed by atoms with Crippen molar-refractivity contribution in [1.82, 2.24) is 9.88 Å². The first-order chi connectivity index (χ1) is 13.6. The average Bonchev–Trinajstić information content (AvgIpc) is 2.74. The number of carbonyl (C=O) groups excluding carboxylic acids is 1. The molecule has 1 N–H and O–H groups in total. The molecule has 1 fully saturated rings. The molecule has 4 nitrogen and oxygen atoms in total. The number of benzene rings is 2. The molecule has 28 heavy (non-hydrogen) atoms. The second kappa shape index (κ2) is 7.85. The lowest BCUT2D eigenvalue weighted by molar-refractivity contribution is 0.0707. The predicted molar refractivity (Wildman–Crippen MR) is 110 cm³/mol. The van der Waals surface area contributed by atoms with Gasteiger partial charge in [-0.05, 0) is 49.6 Å². The van der Waals surface area contributed by atoms with Crippen LogP contribution in [0.2, 0.25) is 0 Å².